The number of carbonyl (C=O) groups is 1. The lowest BCUT2D eigenvalue weighted by Crippen LogP contribution is -2.15. The number of nitrogens with one attached hydrogen (secondary N) is 1. The second-order valence-corrected chi connectivity index (χ2v) is 6.98. The normalized spacial score (nSPS) is 10.8. The summed E-state index contributed by atoms with van der Waals surface area (Å²) in [5.74, 6) is 0.824. The molecule has 26 heavy (non-hydrogen) atoms. The Hall–Kier alpha value is -2.67. The van der Waals surface area contributed by atoms with Crippen LogP contribution in [0.15, 0.2) is 53.1 Å². The number of benzene rings is 1. The largest absolute Gasteiger partial charge is 0.475 e. The van der Waals surface area contributed by atoms with Gasteiger partial charge in [0.2, 0.25) is 5.88 Å². The first kappa shape index (κ1) is 18.1. The number of hydrogen-bond acceptors (Lipinski definition) is 4. The van der Waals surface area contributed by atoms with Crippen LogP contribution in [0.1, 0.15) is 29.9 Å². The molecule has 134 valence electrons. The molecule has 1 N–H and O–H groups in total. The topological polar surface area (TPSA) is 69.0 Å². The van der Waals surface area contributed by atoms with Crippen molar-refractivity contribution in [3.63, 3.8) is 0 Å². The van der Waals surface area contributed by atoms with Crippen LogP contribution in [0, 0.1) is 6.92 Å². The molecule has 6 nitrogen and oxygen atoms in total. The SMILES string of the molecule is Cc1cc(NC(=O)c2ccc(OC(C)C)nc2)n(-c2cccc(Br)c2)n1. The van der Waals surface area contributed by atoms with Gasteiger partial charge in [-0.3, -0.25) is 4.79 Å². The van der Waals surface area contributed by atoms with E-state index in [9.17, 15) is 4.79 Å². The van der Waals surface area contributed by atoms with E-state index in [1.54, 1.807) is 16.8 Å². The second-order valence-electron chi connectivity index (χ2n) is 6.07. The Labute approximate surface area is 160 Å². The molecule has 0 atom stereocenters. The van der Waals surface area contributed by atoms with Crippen LogP contribution >= 0.6 is 15.9 Å². The van der Waals surface area contributed by atoms with Crippen molar-refractivity contribution in [1.29, 1.82) is 0 Å². The second kappa shape index (κ2) is 7.70. The summed E-state index contributed by atoms with van der Waals surface area (Å²) in [5.41, 5.74) is 2.10. The van der Waals surface area contributed by atoms with Crippen LogP contribution < -0.4 is 10.1 Å². The maximum absolute atomic E-state index is 12.6. The van der Waals surface area contributed by atoms with Crippen LogP contribution in [0.4, 0.5) is 5.82 Å². The Balaban J connectivity index is 1.82. The van der Waals surface area contributed by atoms with Crippen LogP contribution in [0.2, 0.25) is 0 Å². The minimum Gasteiger partial charge on any atom is -0.475 e. The minimum atomic E-state index is -0.259. The van der Waals surface area contributed by atoms with E-state index < -0.39 is 0 Å². The number of amides is 1. The molecule has 0 saturated carbocycles. The number of nitrogens with zero attached hydrogens (tertiary/aromatic N) is 3. The zero-order valence-corrected chi connectivity index (χ0v) is 16.3. The molecule has 3 aromatic rings. The first-order valence-corrected chi connectivity index (χ1v) is 8.98. The van der Waals surface area contributed by atoms with Gasteiger partial charge < -0.3 is 10.1 Å². The number of anilines is 1. The zero-order chi connectivity index (χ0) is 18.7. The van der Waals surface area contributed by atoms with Crippen LogP contribution in [-0.2, 0) is 0 Å². The van der Waals surface area contributed by atoms with E-state index in [4.69, 9.17) is 4.74 Å². The maximum atomic E-state index is 12.6. The van der Waals surface area contributed by atoms with E-state index in [1.165, 1.54) is 6.20 Å². The van der Waals surface area contributed by atoms with Crippen LogP contribution in [0.25, 0.3) is 5.69 Å². The highest BCUT2D eigenvalue weighted by atomic mass is 79.9. The predicted octanol–water partition coefficient (Wildman–Crippen LogP) is 4.38. The summed E-state index contributed by atoms with van der Waals surface area (Å²) < 4.78 is 8.13. The monoisotopic (exact) mass is 414 g/mol. The molecule has 2 aromatic heterocycles. The molecule has 0 bridgehead atoms. The van der Waals surface area contributed by atoms with Crippen LogP contribution in [0.3, 0.4) is 0 Å². The van der Waals surface area contributed by atoms with E-state index in [0.717, 1.165) is 15.9 Å². The smallest absolute Gasteiger partial charge is 0.258 e. The van der Waals surface area contributed by atoms with Gasteiger partial charge in [-0.15, -0.1) is 0 Å². The highest BCUT2D eigenvalue weighted by Gasteiger charge is 2.13. The molecule has 1 amide bonds. The Morgan fingerprint density at radius 3 is 2.69 bits per heavy atom. The van der Waals surface area contributed by atoms with E-state index in [-0.39, 0.29) is 12.0 Å². The molecule has 7 heteroatoms. The molecule has 0 aliphatic heterocycles. The molecular weight excluding hydrogens is 396 g/mol. The van der Waals surface area contributed by atoms with Crippen molar-refractivity contribution < 1.29 is 9.53 Å². The summed E-state index contributed by atoms with van der Waals surface area (Å²) in [7, 11) is 0. The highest BCUT2D eigenvalue weighted by Crippen LogP contribution is 2.21. The van der Waals surface area contributed by atoms with E-state index in [0.29, 0.717) is 17.3 Å². The number of ether oxygens (including phenoxy) is 1. The molecule has 0 aliphatic carbocycles. The van der Waals surface area contributed by atoms with Crippen molar-refractivity contribution in [1.82, 2.24) is 14.8 Å². The van der Waals surface area contributed by atoms with Crippen molar-refractivity contribution in [3.05, 3.63) is 64.4 Å². The number of hydrogen-bond donors (Lipinski definition) is 1. The fourth-order valence-corrected chi connectivity index (χ4v) is 2.79. The summed E-state index contributed by atoms with van der Waals surface area (Å²) in [6.07, 6.45) is 1.53. The van der Waals surface area contributed by atoms with Crippen molar-refractivity contribution in [3.8, 4) is 11.6 Å². The van der Waals surface area contributed by atoms with E-state index >= 15 is 0 Å². The molecule has 0 unspecified atom stereocenters. The summed E-state index contributed by atoms with van der Waals surface area (Å²) in [6.45, 7) is 5.73. The van der Waals surface area contributed by atoms with Crippen molar-refractivity contribution in [2.24, 2.45) is 0 Å². The van der Waals surface area contributed by atoms with E-state index in [1.807, 2.05) is 51.1 Å². The average Bonchev–Trinajstić information content (AvgIpc) is 2.95. The summed E-state index contributed by atoms with van der Waals surface area (Å²) in [4.78, 5) is 16.7. The molecular formula is C19H19BrN4O2. The van der Waals surface area contributed by atoms with Gasteiger partial charge in [-0.2, -0.15) is 5.10 Å². The quantitative estimate of drug-likeness (QED) is 0.672. The Morgan fingerprint density at radius 1 is 1.23 bits per heavy atom. The molecule has 0 fully saturated rings. The molecule has 1 aromatic carbocycles. The first-order chi connectivity index (χ1) is 12.4. The van der Waals surface area contributed by atoms with Crippen molar-refractivity contribution in [2.75, 3.05) is 5.32 Å². The zero-order valence-electron chi connectivity index (χ0n) is 14.7. The van der Waals surface area contributed by atoms with Gasteiger partial charge in [-0.25, -0.2) is 9.67 Å². The lowest BCUT2D eigenvalue weighted by atomic mass is 10.2. The third-order valence-corrected chi connectivity index (χ3v) is 3.97. The Kier molecular flexibility index (Phi) is 5.37. The van der Waals surface area contributed by atoms with Gasteiger partial charge in [0.1, 0.15) is 5.82 Å². The highest BCUT2D eigenvalue weighted by molar-refractivity contribution is 9.10. The first-order valence-electron chi connectivity index (χ1n) is 8.19. The third-order valence-electron chi connectivity index (χ3n) is 3.48. The van der Waals surface area contributed by atoms with Gasteiger partial charge in [-0.1, -0.05) is 22.0 Å². The Morgan fingerprint density at radius 2 is 2.04 bits per heavy atom. The predicted molar refractivity (Wildman–Crippen MR) is 104 cm³/mol. The lowest BCUT2D eigenvalue weighted by molar-refractivity contribution is 0.102. The number of carbonyl (C=O) groups excluding carboxylic acids is 1. The number of aromatic nitrogens is 3. The number of halogens is 1. The van der Waals surface area contributed by atoms with Crippen LogP contribution in [0.5, 0.6) is 5.88 Å². The van der Waals surface area contributed by atoms with Crippen molar-refractivity contribution >= 4 is 27.7 Å². The molecule has 0 radical (unpaired) electrons. The van der Waals surface area contributed by atoms with Crippen LogP contribution in [-0.4, -0.2) is 26.8 Å². The number of rotatable bonds is 5. The number of aryl methyl sites for hydroxylation is 1. The van der Waals surface area contributed by atoms with E-state index in [2.05, 4.69) is 31.3 Å². The maximum Gasteiger partial charge on any atom is 0.258 e. The lowest BCUT2D eigenvalue weighted by Gasteiger charge is -2.10. The summed E-state index contributed by atoms with van der Waals surface area (Å²) >= 11 is 3.45. The van der Waals surface area contributed by atoms with Gasteiger partial charge >= 0.3 is 0 Å². The summed E-state index contributed by atoms with van der Waals surface area (Å²) in [5, 5.41) is 7.35. The fourth-order valence-electron chi connectivity index (χ4n) is 2.41. The molecule has 0 spiro atoms. The molecule has 2 heterocycles. The minimum absolute atomic E-state index is 0.0321. The molecule has 0 saturated heterocycles. The van der Waals surface area contributed by atoms with Crippen molar-refractivity contribution in [2.45, 2.75) is 26.9 Å². The standard InChI is InChI=1S/C19H19BrN4O2/c1-12(2)26-18-8-7-14(11-21-18)19(25)22-17-9-13(3)23-24(17)16-6-4-5-15(20)10-16/h4-12H,1-3H3,(H,22,25). The molecule has 3 rings (SSSR count). The van der Waals surface area contributed by atoms with Gasteiger partial charge in [0.25, 0.3) is 5.91 Å². The van der Waals surface area contributed by atoms with Gasteiger partial charge in [0, 0.05) is 22.8 Å². The summed E-state index contributed by atoms with van der Waals surface area (Å²) in [6, 6.07) is 12.9. The van der Waals surface area contributed by atoms with Gasteiger partial charge in [-0.05, 0) is 45.0 Å². The third kappa shape index (κ3) is 4.29. The average molecular weight is 415 g/mol. The Bertz CT molecular complexity index is 920. The number of pyridine rings is 1. The molecule has 0 aliphatic rings. The van der Waals surface area contributed by atoms with Gasteiger partial charge in [0.05, 0.1) is 23.0 Å². The van der Waals surface area contributed by atoms with Gasteiger partial charge in [0.15, 0.2) is 0 Å². The fraction of sp³-hybridized carbons (Fsp3) is 0.211.